The highest BCUT2D eigenvalue weighted by atomic mass is 32.1. The smallest absolute Gasteiger partial charge is 0.0377 e. The second-order valence-corrected chi connectivity index (χ2v) is 12.8. The van der Waals surface area contributed by atoms with E-state index in [-0.39, 0.29) is 14.1 Å². The Morgan fingerprint density at radius 2 is 0.511 bits per heavy atom. The number of halogens is 3. The first-order chi connectivity index (χ1) is 20.5. The minimum absolute atomic E-state index is 0. The van der Waals surface area contributed by atoms with Gasteiger partial charge in [0.1, 0.15) is 0 Å². The Morgan fingerprint density at radius 3 is 0.711 bits per heavy atom. The molecule has 3 radical (unpaired) electrons. The molecular formula is C39H60F3S3. The topological polar surface area (TPSA) is 0 Å². The number of aryl methyl sites for hydroxylation is 3. The zero-order chi connectivity index (χ0) is 30.7. The second kappa shape index (κ2) is 33.5. The van der Waals surface area contributed by atoms with Crippen LogP contribution < -0.4 is 0 Å². The molecule has 45 heavy (non-hydrogen) atoms. The Labute approximate surface area is 291 Å². The van der Waals surface area contributed by atoms with Gasteiger partial charge in [-0.25, -0.2) is 0 Å². The molecule has 0 fully saturated rings. The summed E-state index contributed by atoms with van der Waals surface area (Å²) in [5, 5.41) is 0. The molecule has 0 saturated carbocycles. The summed E-state index contributed by atoms with van der Waals surface area (Å²) in [7, 11) is 0. The second-order valence-electron chi connectivity index (χ2n) is 11.4. The van der Waals surface area contributed by atoms with Crippen molar-refractivity contribution in [2.75, 3.05) is 0 Å². The third-order valence-corrected chi connectivity index (χ3v) is 8.29. The highest BCUT2D eigenvalue weighted by molar-refractivity contribution is 7.80. The van der Waals surface area contributed by atoms with E-state index in [4.69, 9.17) is 37.9 Å². The number of benzene rings is 3. The van der Waals surface area contributed by atoms with Crippen LogP contribution in [0.1, 0.15) is 134 Å². The van der Waals surface area contributed by atoms with Gasteiger partial charge in [-0.1, -0.05) is 172 Å². The largest absolute Gasteiger partial charge is 0.269 e. The Hall–Kier alpha value is -1.89. The fourth-order valence-electron chi connectivity index (χ4n) is 4.77. The molecule has 0 N–H and O–H groups in total. The van der Waals surface area contributed by atoms with Gasteiger partial charge in [-0.2, -0.15) is 0 Å². The summed E-state index contributed by atoms with van der Waals surface area (Å²) >= 11 is 15.1. The fraction of sp³-hybridized carbons (Fsp3) is 0.538. The molecule has 255 valence electrons. The molecule has 0 unspecified atom stereocenters. The summed E-state index contributed by atoms with van der Waals surface area (Å²) in [4.78, 5) is 2.83. The lowest BCUT2D eigenvalue weighted by molar-refractivity contribution is 0.632. The normalized spacial score (nSPS) is 9.67. The maximum absolute atomic E-state index is 5.04. The molecule has 0 aliphatic heterocycles. The average molecular weight is 682 g/mol. The summed E-state index contributed by atoms with van der Waals surface area (Å²) in [6, 6.07) is 25.1. The molecule has 0 spiro atoms. The van der Waals surface area contributed by atoms with Crippen molar-refractivity contribution in [3.8, 4) is 0 Å². The summed E-state index contributed by atoms with van der Waals surface area (Å²) < 4.78 is 0. The standard InChI is InChI=1S/3C13H19S.3FH/c3*1-2-3-4-5-6-7-12-8-10-13(14)11-9-12;;;/h3*8-11H,2-7H2,1H3;3*1H. The van der Waals surface area contributed by atoms with Crippen LogP contribution in [-0.2, 0) is 19.3 Å². The molecule has 0 heterocycles. The van der Waals surface area contributed by atoms with Crippen molar-refractivity contribution in [1.29, 1.82) is 0 Å². The maximum Gasteiger partial charge on any atom is 0.0377 e. The van der Waals surface area contributed by atoms with E-state index in [0.717, 1.165) is 14.7 Å². The van der Waals surface area contributed by atoms with Crippen molar-refractivity contribution in [2.24, 2.45) is 0 Å². The first-order valence-electron chi connectivity index (χ1n) is 16.8. The van der Waals surface area contributed by atoms with Crippen molar-refractivity contribution in [3.63, 3.8) is 0 Å². The quantitative estimate of drug-likeness (QED) is 0.117. The van der Waals surface area contributed by atoms with Gasteiger partial charge in [-0.3, -0.25) is 14.1 Å². The van der Waals surface area contributed by atoms with Gasteiger partial charge < -0.3 is 0 Å². The lowest BCUT2D eigenvalue weighted by atomic mass is 10.1. The molecule has 0 bridgehead atoms. The van der Waals surface area contributed by atoms with Crippen LogP contribution in [0.4, 0.5) is 14.1 Å². The van der Waals surface area contributed by atoms with Crippen LogP contribution in [0.25, 0.3) is 0 Å². The molecular weight excluding hydrogens is 622 g/mol. The Kier molecular flexibility index (Phi) is 35.3. The fourth-order valence-corrected chi connectivity index (χ4v) is 5.17. The van der Waals surface area contributed by atoms with Gasteiger partial charge in [-0.05, 0) is 91.6 Å². The van der Waals surface area contributed by atoms with Crippen molar-refractivity contribution in [3.05, 3.63) is 89.5 Å². The lowest BCUT2D eigenvalue weighted by Gasteiger charge is -2.01. The summed E-state index contributed by atoms with van der Waals surface area (Å²) in [6.07, 6.45) is 23.9. The summed E-state index contributed by atoms with van der Waals surface area (Å²) in [5.41, 5.74) is 4.28. The van der Waals surface area contributed by atoms with Crippen LogP contribution in [0.2, 0.25) is 0 Å². The first-order valence-corrected chi connectivity index (χ1v) is 18.0. The minimum atomic E-state index is 0. The SMILES string of the molecule is CCCCCCCc1ccc([S])cc1.CCCCCCCc1ccc([S])cc1.CCCCCCCc1ccc([S])cc1.F.F.F. The molecule has 0 nitrogen and oxygen atoms in total. The zero-order valence-electron chi connectivity index (χ0n) is 28.1. The van der Waals surface area contributed by atoms with Crippen molar-refractivity contribution in [1.82, 2.24) is 0 Å². The Morgan fingerprint density at radius 1 is 0.311 bits per heavy atom. The van der Waals surface area contributed by atoms with E-state index in [1.54, 1.807) is 0 Å². The molecule has 0 aliphatic carbocycles. The highest BCUT2D eigenvalue weighted by Crippen LogP contribution is 2.14. The van der Waals surface area contributed by atoms with Crippen molar-refractivity contribution < 1.29 is 14.1 Å². The third-order valence-electron chi connectivity index (χ3n) is 7.48. The predicted molar refractivity (Wildman–Crippen MR) is 202 cm³/mol. The van der Waals surface area contributed by atoms with Crippen LogP contribution in [0, 0.1) is 0 Å². The maximum atomic E-state index is 5.04. The lowest BCUT2D eigenvalue weighted by Crippen LogP contribution is -1.85. The summed E-state index contributed by atoms with van der Waals surface area (Å²) in [5.74, 6) is 0. The van der Waals surface area contributed by atoms with Crippen LogP contribution in [-0.4, -0.2) is 0 Å². The van der Waals surface area contributed by atoms with Crippen LogP contribution >= 0.6 is 37.9 Å². The molecule has 3 rings (SSSR count). The van der Waals surface area contributed by atoms with Gasteiger partial charge in [0.2, 0.25) is 0 Å². The van der Waals surface area contributed by atoms with Crippen LogP contribution in [0.15, 0.2) is 87.5 Å². The molecule has 3 aromatic rings. The van der Waals surface area contributed by atoms with Crippen molar-refractivity contribution in [2.45, 2.75) is 151 Å². The molecule has 0 atom stereocenters. The van der Waals surface area contributed by atoms with E-state index in [1.807, 2.05) is 36.4 Å². The highest BCUT2D eigenvalue weighted by Gasteiger charge is 1.96. The number of hydrogen-bond acceptors (Lipinski definition) is 0. The molecule has 3 aromatic carbocycles. The van der Waals surface area contributed by atoms with Crippen LogP contribution in [0.3, 0.4) is 0 Å². The minimum Gasteiger partial charge on any atom is -0.269 e. The van der Waals surface area contributed by atoms with Gasteiger partial charge in [-0.15, -0.1) is 0 Å². The third kappa shape index (κ3) is 28.1. The average Bonchev–Trinajstić information content (AvgIpc) is 3.00. The van der Waals surface area contributed by atoms with Gasteiger partial charge in [0.05, 0.1) is 0 Å². The Bertz CT molecular complexity index is 862. The molecule has 6 heteroatoms. The van der Waals surface area contributed by atoms with E-state index in [2.05, 4.69) is 57.2 Å². The zero-order valence-corrected chi connectivity index (χ0v) is 30.6. The van der Waals surface area contributed by atoms with E-state index < -0.39 is 0 Å². The Balaban J connectivity index is -0.000000569. The number of unbranched alkanes of at least 4 members (excludes halogenated alkanes) is 12. The van der Waals surface area contributed by atoms with E-state index >= 15 is 0 Å². The van der Waals surface area contributed by atoms with Gasteiger partial charge in [0, 0.05) is 14.7 Å². The molecule has 0 saturated heterocycles. The predicted octanol–water partition coefficient (Wildman–Crippen LogP) is 14.7. The monoisotopic (exact) mass is 681 g/mol. The molecule has 0 aromatic heterocycles. The van der Waals surface area contributed by atoms with E-state index in [9.17, 15) is 0 Å². The molecule has 0 aliphatic rings. The van der Waals surface area contributed by atoms with Gasteiger partial charge in [0.15, 0.2) is 0 Å². The molecule has 0 amide bonds. The van der Waals surface area contributed by atoms with Crippen molar-refractivity contribution >= 4 is 37.9 Å². The first kappa shape index (κ1) is 47.5. The van der Waals surface area contributed by atoms with Crippen LogP contribution in [0.5, 0.6) is 0 Å². The van der Waals surface area contributed by atoms with Gasteiger partial charge >= 0.3 is 0 Å². The van der Waals surface area contributed by atoms with E-state index in [0.29, 0.717) is 0 Å². The van der Waals surface area contributed by atoms with Gasteiger partial charge in [0.25, 0.3) is 0 Å². The van der Waals surface area contributed by atoms with E-state index in [1.165, 1.54) is 132 Å². The number of rotatable bonds is 18. The summed E-state index contributed by atoms with van der Waals surface area (Å²) in [6.45, 7) is 6.76. The number of hydrogen-bond donors (Lipinski definition) is 0.